The van der Waals surface area contributed by atoms with Crippen molar-refractivity contribution in [3.05, 3.63) is 34.9 Å². The largest absolute Gasteiger partial charge is 0.315 e. The number of hydrogen-bond donors (Lipinski definition) is 1. The van der Waals surface area contributed by atoms with E-state index in [4.69, 9.17) is 0 Å². The summed E-state index contributed by atoms with van der Waals surface area (Å²) < 4.78 is 0. The van der Waals surface area contributed by atoms with Gasteiger partial charge in [-0.2, -0.15) is 0 Å². The summed E-state index contributed by atoms with van der Waals surface area (Å²) in [5.41, 5.74) is 4.75. The van der Waals surface area contributed by atoms with Crippen LogP contribution in [0.25, 0.3) is 0 Å². The van der Waals surface area contributed by atoms with E-state index in [2.05, 4.69) is 35.5 Å². The van der Waals surface area contributed by atoms with Gasteiger partial charge in [0.2, 0.25) is 0 Å². The normalized spacial score (nSPS) is 22.7. The fourth-order valence-corrected chi connectivity index (χ4v) is 3.45. The molecule has 0 aromatic heterocycles. The Morgan fingerprint density at radius 2 is 2.05 bits per heavy atom. The Labute approximate surface area is 117 Å². The lowest BCUT2D eigenvalue weighted by atomic mass is 9.90. The summed E-state index contributed by atoms with van der Waals surface area (Å²) >= 11 is 0. The number of aryl methyl sites for hydroxylation is 2. The number of nitrogens with zero attached hydrogens (tertiary/aromatic N) is 1. The summed E-state index contributed by atoms with van der Waals surface area (Å²) in [6, 6.07) is 7.94. The first-order valence-corrected chi connectivity index (χ1v) is 7.84. The summed E-state index contributed by atoms with van der Waals surface area (Å²) in [5.74, 6) is 0. The first-order chi connectivity index (χ1) is 9.33. The van der Waals surface area contributed by atoms with Crippen molar-refractivity contribution in [1.82, 2.24) is 10.2 Å². The Morgan fingerprint density at radius 1 is 1.21 bits per heavy atom. The van der Waals surface area contributed by atoms with E-state index in [1.165, 1.54) is 63.7 Å². The fourth-order valence-electron chi connectivity index (χ4n) is 3.45. The van der Waals surface area contributed by atoms with Crippen molar-refractivity contribution in [1.29, 1.82) is 0 Å². The van der Waals surface area contributed by atoms with Crippen LogP contribution < -0.4 is 5.32 Å². The van der Waals surface area contributed by atoms with E-state index < -0.39 is 0 Å². The van der Waals surface area contributed by atoms with Crippen molar-refractivity contribution in [2.24, 2.45) is 0 Å². The van der Waals surface area contributed by atoms with Crippen LogP contribution in [0.2, 0.25) is 0 Å². The van der Waals surface area contributed by atoms with E-state index >= 15 is 0 Å². The predicted molar refractivity (Wildman–Crippen MR) is 80.7 cm³/mol. The van der Waals surface area contributed by atoms with Crippen LogP contribution in [0.5, 0.6) is 0 Å². The Balaban J connectivity index is 1.57. The van der Waals surface area contributed by atoms with Crippen LogP contribution in [-0.2, 0) is 19.3 Å². The average Bonchev–Trinajstić information content (AvgIpc) is 2.99. The summed E-state index contributed by atoms with van der Waals surface area (Å²) in [7, 11) is 2.27. The molecule has 0 saturated carbocycles. The highest BCUT2D eigenvalue weighted by molar-refractivity contribution is 5.33. The van der Waals surface area contributed by atoms with Crippen LogP contribution in [-0.4, -0.2) is 37.6 Å². The number of fused-ring (bicyclic) bond motifs is 1. The molecule has 104 valence electrons. The van der Waals surface area contributed by atoms with E-state index in [1.54, 1.807) is 11.1 Å². The van der Waals surface area contributed by atoms with Crippen LogP contribution in [0.4, 0.5) is 0 Å². The maximum absolute atomic E-state index is 3.45. The molecule has 1 aromatic carbocycles. The first kappa shape index (κ1) is 13.1. The molecule has 1 heterocycles. The van der Waals surface area contributed by atoms with Gasteiger partial charge in [0.05, 0.1) is 0 Å². The second-order valence-corrected chi connectivity index (χ2v) is 6.19. The van der Waals surface area contributed by atoms with Crippen molar-refractivity contribution in [2.75, 3.05) is 26.7 Å². The predicted octanol–water partition coefficient (Wildman–Crippen LogP) is 2.40. The third kappa shape index (κ3) is 3.18. The van der Waals surface area contributed by atoms with E-state index in [0.29, 0.717) is 0 Å². The number of nitrogens with one attached hydrogen (secondary N) is 1. The molecule has 2 aliphatic rings. The van der Waals surface area contributed by atoms with Gasteiger partial charge in [-0.05, 0) is 68.8 Å². The van der Waals surface area contributed by atoms with Crippen molar-refractivity contribution in [3.8, 4) is 0 Å². The maximum atomic E-state index is 3.45. The fraction of sp³-hybridized carbons (Fsp3) is 0.647. The number of rotatable bonds is 4. The van der Waals surface area contributed by atoms with E-state index in [9.17, 15) is 0 Å². The molecule has 0 amide bonds. The highest BCUT2D eigenvalue weighted by Gasteiger charge is 2.18. The van der Waals surface area contributed by atoms with Gasteiger partial charge in [-0.25, -0.2) is 0 Å². The molecule has 1 N–H and O–H groups in total. The van der Waals surface area contributed by atoms with Crippen molar-refractivity contribution >= 4 is 0 Å². The molecule has 1 fully saturated rings. The molecular weight excluding hydrogens is 232 g/mol. The average molecular weight is 258 g/mol. The zero-order valence-corrected chi connectivity index (χ0v) is 12.1. The molecule has 2 heteroatoms. The van der Waals surface area contributed by atoms with Crippen molar-refractivity contribution < 1.29 is 0 Å². The lowest BCUT2D eigenvalue weighted by Crippen LogP contribution is -2.34. The zero-order chi connectivity index (χ0) is 13.1. The molecule has 0 radical (unpaired) electrons. The second-order valence-electron chi connectivity index (χ2n) is 6.19. The molecule has 1 atom stereocenters. The van der Waals surface area contributed by atoms with E-state index in [-0.39, 0.29) is 0 Å². The third-order valence-electron chi connectivity index (χ3n) is 4.82. The molecule has 1 unspecified atom stereocenters. The van der Waals surface area contributed by atoms with Gasteiger partial charge in [0.25, 0.3) is 0 Å². The zero-order valence-electron chi connectivity index (χ0n) is 12.1. The molecular formula is C17H26N2. The molecule has 0 spiro atoms. The lowest BCUT2D eigenvalue weighted by Gasteiger charge is -2.24. The summed E-state index contributed by atoms with van der Waals surface area (Å²) in [6.45, 7) is 3.54. The van der Waals surface area contributed by atoms with Crippen LogP contribution in [0.1, 0.15) is 36.0 Å². The molecule has 1 saturated heterocycles. The smallest absolute Gasteiger partial charge is 0.0229 e. The SMILES string of the molecule is CN(CCc1ccc2c(c1)CCCC2)C1CCNC1. The van der Waals surface area contributed by atoms with Crippen molar-refractivity contribution in [3.63, 3.8) is 0 Å². The Hall–Kier alpha value is -0.860. The van der Waals surface area contributed by atoms with Crippen LogP contribution >= 0.6 is 0 Å². The topological polar surface area (TPSA) is 15.3 Å². The Kier molecular flexibility index (Phi) is 4.19. The van der Waals surface area contributed by atoms with Crippen molar-refractivity contribution in [2.45, 2.75) is 44.6 Å². The van der Waals surface area contributed by atoms with Gasteiger partial charge in [0.15, 0.2) is 0 Å². The molecule has 1 aromatic rings. The first-order valence-electron chi connectivity index (χ1n) is 7.84. The monoisotopic (exact) mass is 258 g/mol. The van der Waals surface area contributed by atoms with Crippen LogP contribution in [0, 0.1) is 0 Å². The molecule has 0 bridgehead atoms. The number of hydrogen-bond acceptors (Lipinski definition) is 2. The molecule has 2 nitrogen and oxygen atoms in total. The van der Waals surface area contributed by atoms with Gasteiger partial charge in [-0.1, -0.05) is 18.2 Å². The van der Waals surface area contributed by atoms with Gasteiger partial charge in [-0.3, -0.25) is 0 Å². The summed E-state index contributed by atoms with van der Waals surface area (Å²) in [4.78, 5) is 2.53. The van der Waals surface area contributed by atoms with E-state index in [1.807, 2.05) is 0 Å². The van der Waals surface area contributed by atoms with Gasteiger partial charge in [0, 0.05) is 19.1 Å². The highest BCUT2D eigenvalue weighted by Crippen LogP contribution is 2.22. The minimum Gasteiger partial charge on any atom is -0.315 e. The number of benzene rings is 1. The molecule has 19 heavy (non-hydrogen) atoms. The van der Waals surface area contributed by atoms with E-state index in [0.717, 1.165) is 6.04 Å². The summed E-state index contributed by atoms with van der Waals surface area (Å²) in [6.07, 6.45) is 7.85. The summed E-state index contributed by atoms with van der Waals surface area (Å²) in [5, 5.41) is 3.45. The van der Waals surface area contributed by atoms with Crippen LogP contribution in [0.3, 0.4) is 0 Å². The number of likely N-dealkylation sites (N-methyl/N-ethyl adjacent to an activating group) is 1. The minimum absolute atomic E-state index is 0.748. The van der Waals surface area contributed by atoms with Gasteiger partial charge < -0.3 is 10.2 Å². The quantitative estimate of drug-likeness (QED) is 0.892. The third-order valence-corrected chi connectivity index (χ3v) is 4.82. The standard InChI is InChI=1S/C17H26N2/c1-19(17-8-10-18-13-17)11-9-14-6-7-15-4-2-3-5-16(15)12-14/h6-7,12,17-18H,2-5,8-11,13H2,1H3. The lowest BCUT2D eigenvalue weighted by molar-refractivity contribution is 0.260. The van der Waals surface area contributed by atoms with Gasteiger partial charge in [0.1, 0.15) is 0 Å². The maximum Gasteiger partial charge on any atom is 0.0229 e. The minimum atomic E-state index is 0.748. The Morgan fingerprint density at radius 3 is 2.84 bits per heavy atom. The Bertz CT molecular complexity index is 421. The van der Waals surface area contributed by atoms with Gasteiger partial charge in [-0.15, -0.1) is 0 Å². The van der Waals surface area contributed by atoms with Gasteiger partial charge >= 0.3 is 0 Å². The molecule has 3 rings (SSSR count). The van der Waals surface area contributed by atoms with Crippen LogP contribution in [0.15, 0.2) is 18.2 Å². The highest BCUT2D eigenvalue weighted by atomic mass is 15.2. The second kappa shape index (κ2) is 6.06. The molecule has 1 aliphatic heterocycles. The molecule has 1 aliphatic carbocycles.